The number of carbonyl (C=O) groups excluding carboxylic acids is 5. The lowest BCUT2D eigenvalue weighted by atomic mass is 9.79. The number of imide groups is 1. The molecule has 3 amide bonds. The second-order valence-corrected chi connectivity index (χ2v) is 10.5. The number of ether oxygens (including phenoxy) is 2. The highest BCUT2D eigenvalue weighted by molar-refractivity contribution is 8.04. The Balaban J connectivity index is 1.82. The average molecular weight is 469 g/mol. The zero-order valence-electron chi connectivity index (χ0n) is 18.7. The molecule has 0 aromatic carbocycles. The van der Waals surface area contributed by atoms with Crippen molar-refractivity contribution in [1.82, 2.24) is 10.2 Å². The smallest absolute Gasteiger partial charge is 0.358 e. The van der Waals surface area contributed by atoms with E-state index < -0.39 is 59.3 Å². The zero-order valence-corrected chi connectivity index (χ0v) is 19.5. The molecule has 0 radical (unpaired) electrons. The van der Waals surface area contributed by atoms with Gasteiger partial charge in [-0.25, -0.2) is 4.79 Å². The van der Waals surface area contributed by atoms with Gasteiger partial charge in [-0.3, -0.25) is 24.5 Å². The predicted octanol–water partition coefficient (Wildman–Crippen LogP) is 0.684. The van der Waals surface area contributed by atoms with Gasteiger partial charge in [0.05, 0.1) is 28.7 Å². The van der Waals surface area contributed by atoms with Gasteiger partial charge in [0.2, 0.25) is 24.5 Å². The quantitative estimate of drug-likeness (QED) is 0.249. The number of amides is 3. The van der Waals surface area contributed by atoms with E-state index >= 15 is 0 Å². The first-order chi connectivity index (χ1) is 14.8. The number of nitrogens with zero attached hydrogens (tertiary/aromatic N) is 1. The van der Waals surface area contributed by atoms with Gasteiger partial charge in [0.1, 0.15) is 5.70 Å². The molecule has 0 aromatic rings. The summed E-state index contributed by atoms with van der Waals surface area (Å²) in [5.41, 5.74) is -0.783. The molecule has 32 heavy (non-hydrogen) atoms. The van der Waals surface area contributed by atoms with Crippen molar-refractivity contribution in [3.8, 4) is 0 Å². The second-order valence-electron chi connectivity index (χ2n) is 9.26. The van der Waals surface area contributed by atoms with E-state index in [1.54, 1.807) is 20.8 Å². The Hall–Kier alpha value is -2.40. The van der Waals surface area contributed by atoms with Crippen molar-refractivity contribution < 1.29 is 38.6 Å². The van der Waals surface area contributed by atoms with Crippen LogP contribution in [0.5, 0.6) is 0 Å². The molecule has 3 aliphatic heterocycles. The van der Waals surface area contributed by atoms with Crippen LogP contribution >= 0.6 is 11.8 Å². The van der Waals surface area contributed by atoms with Crippen LogP contribution in [0.2, 0.25) is 0 Å². The molecule has 10 nitrogen and oxygen atoms in total. The molecule has 2 fully saturated rings. The molecular formula is C21H28N2O8S. The number of aliphatic hydroxyl groups is 1. The van der Waals surface area contributed by atoms with Crippen molar-refractivity contribution in [3.63, 3.8) is 0 Å². The van der Waals surface area contributed by atoms with Gasteiger partial charge in [-0.2, -0.15) is 0 Å². The molecule has 2 saturated heterocycles. The van der Waals surface area contributed by atoms with E-state index in [-0.39, 0.29) is 23.9 Å². The van der Waals surface area contributed by atoms with Gasteiger partial charge in [-0.05, 0) is 34.1 Å². The molecule has 0 aliphatic carbocycles. The van der Waals surface area contributed by atoms with Crippen LogP contribution in [-0.2, 0) is 33.4 Å². The van der Waals surface area contributed by atoms with Crippen molar-refractivity contribution in [2.75, 3.05) is 6.79 Å². The standard InChI is InChI=1S/C21H28N2O8S/c1-9-14-13(10(2)24)18(27)23(14)15(19(28)30-8-31-20(29)21(3,4)5)16(9)32-11-6-7-12(25)22-17(11)26/h9-11,13-14,24H,6-8H2,1-5H3,(H,22,25,26)/t9-,10-,11-,13-,14-/m1/s1. The molecular weight excluding hydrogens is 440 g/mol. The van der Waals surface area contributed by atoms with Gasteiger partial charge in [0.25, 0.3) is 0 Å². The van der Waals surface area contributed by atoms with Crippen LogP contribution in [0.4, 0.5) is 0 Å². The van der Waals surface area contributed by atoms with Gasteiger partial charge >= 0.3 is 11.9 Å². The normalized spacial score (nSPS) is 28.7. The maximum atomic E-state index is 12.9. The van der Waals surface area contributed by atoms with Crippen LogP contribution in [0.3, 0.4) is 0 Å². The van der Waals surface area contributed by atoms with Crippen LogP contribution in [0, 0.1) is 17.3 Å². The lowest BCUT2D eigenvalue weighted by Crippen LogP contribution is -2.63. The van der Waals surface area contributed by atoms with Crippen LogP contribution in [0.15, 0.2) is 10.6 Å². The number of β-lactam (4-membered cyclic amide) rings is 1. The molecule has 0 unspecified atom stereocenters. The molecule has 11 heteroatoms. The van der Waals surface area contributed by atoms with Crippen LogP contribution < -0.4 is 5.32 Å². The predicted molar refractivity (Wildman–Crippen MR) is 112 cm³/mol. The van der Waals surface area contributed by atoms with Crippen molar-refractivity contribution in [1.29, 1.82) is 0 Å². The highest BCUT2D eigenvalue weighted by Gasteiger charge is 2.60. The van der Waals surface area contributed by atoms with E-state index in [1.165, 1.54) is 11.8 Å². The summed E-state index contributed by atoms with van der Waals surface area (Å²) in [6.45, 7) is 7.69. The molecule has 0 bridgehead atoms. The monoisotopic (exact) mass is 468 g/mol. The molecule has 5 atom stereocenters. The third-order valence-electron chi connectivity index (χ3n) is 5.75. The first-order valence-electron chi connectivity index (χ1n) is 10.4. The van der Waals surface area contributed by atoms with Gasteiger partial charge in [0, 0.05) is 17.2 Å². The molecule has 176 valence electrons. The summed E-state index contributed by atoms with van der Waals surface area (Å²) >= 11 is 1.12. The SMILES string of the molecule is C[C@@H](O)[C@H]1C(=O)N2C(C(=O)OCOC(=O)C(C)(C)C)=C(S[C@@H]3CCC(=O)NC3=O)[C@H](C)[C@H]12. The van der Waals surface area contributed by atoms with E-state index in [0.717, 1.165) is 11.8 Å². The molecule has 2 N–H and O–H groups in total. The highest BCUT2D eigenvalue weighted by Crippen LogP contribution is 2.52. The first kappa shape index (κ1) is 24.2. The average Bonchev–Trinajstić information content (AvgIpc) is 2.91. The molecule has 0 saturated carbocycles. The van der Waals surface area contributed by atoms with E-state index in [1.807, 2.05) is 6.92 Å². The number of hydrogen-bond acceptors (Lipinski definition) is 9. The number of piperidine rings is 1. The van der Waals surface area contributed by atoms with Gasteiger partial charge < -0.3 is 19.5 Å². The van der Waals surface area contributed by atoms with Crippen molar-refractivity contribution in [2.24, 2.45) is 17.3 Å². The summed E-state index contributed by atoms with van der Waals surface area (Å²) in [5, 5.41) is 11.7. The maximum Gasteiger partial charge on any atom is 0.358 e. The van der Waals surface area contributed by atoms with E-state index in [2.05, 4.69) is 5.32 Å². The minimum absolute atomic E-state index is 0.00842. The highest BCUT2D eigenvalue weighted by atomic mass is 32.2. The fraction of sp³-hybridized carbons (Fsp3) is 0.667. The van der Waals surface area contributed by atoms with Gasteiger partial charge in [0.15, 0.2) is 0 Å². The third-order valence-corrected chi connectivity index (χ3v) is 7.31. The number of nitrogens with one attached hydrogen (secondary N) is 1. The number of esters is 2. The number of rotatable bonds is 6. The summed E-state index contributed by atoms with van der Waals surface area (Å²) in [6, 6.07) is -0.446. The summed E-state index contributed by atoms with van der Waals surface area (Å²) in [5.74, 6) is -3.63. The summed E-state index contributed by atoms with van der Waals surface area (Å²) in [7, 11) is 0. The fourth-order valence-electron chi connectivity index (χ4n) is 4.03. The van der Waals surface area contributed by atoms with Crippen molar-refractivity contribution in [2.45, 2.75) is 64.9 Å². The van der Waals surface area contributed by atoms with Crippen molar-refractivity contribution >= 4 is 41.4 Å². The lowest BCUT2D eigenvalue weighted by Gasteiger charge is -2.46. The Labute approximate surface area is 190 Å². The maximum absolute atomic E-state index is 12.9. The minimum atomic E-state index is -0.906. The summed E-state index contributed by atoms with van der Waals surface area (Å²) in [6.07, 6.45) is -0.429. The number of hydrogen-bond donors (Lipinski definition) is 2. The zero-order chi connectivity index (χ0) is 24.0. The van der Waals surface area contributed by atoms with Crippen LogP contribution in [-0.4, -0.2) is 63.9 Å². The molecule has 3 rings (SSSR count). The van der Waals surface area contributed by atoms with E-state index in [4.69, 9.17) is 9.47 Å². The number of fused-ring (bicyclic) bond motifs is 1. The minimum Gasteiger partial charge on any atom is -0.427 e. The van der Waals surface area contributed by atoms with Gasteiger partial charge in [-0.1, -0.05) is 6.92 Å². The number of carbonyl (C=O) groups is 5. The van der Waals surface area contributed by atoms with E-state index in [9.17, 15) is 29.1 Å². The lowest BCUT2D eigenvalue weighted by molar-refractivity contribution is -0.175. The molecule has 3 heterocycles. The van der Waals surface area contributed by atoms with Crippen LogP contribution in [0.25, 0.3) is 0 Å². The Morgan fingerprint density at radius 1 is 1.25 bits per heavy atom. The first-order valence-corrected chi connectivity index (χ1v) is 11.3. The van der Waals surface area contributed by atoms with Crippen LogP contribution in [0.1, 0.15) is 47.5 Å². The number of aliphatic hydroxyl groups excluding tert-OH is 1. The second kappa shape index (κ2) is 8.86. The van der Waals surface area contributed by atoms with E-state index in [0.29, 0.717) is 11.3 Å². The largest absolute Gasteiger partial charge is 0.427 e. The van der Waals surface area contributed by atoms with Crippen molar-refractivity contribution in [3.05, 3.63) is 10.6 Å². The summed E-state index contributed by atoms with van der Waals surface area (Å²) in [4.78, 5) is 63.0. The molecule has 0 aromatic heterocycles. The fourth-order valence-corrected chi connectivity index (χ4v) is 5.39. The third kappa shape index (κ3) is 4.40. The topological polar surface area (TPSA) is 139 Å². The Bertz CT molecular complexity index is 891. The number of thioether (sulfide) groups is 1. The molecule has 3 aliphatic rings. The van der Waals surface area contributed by atoms with Gasteiger partial charge in [-0.15, -0.1) is 11.8 Å². The Morgan fingerprint density at radius 3 is 2.47 bits per heavy atom. The molecule has 0 spiro atoms. The Morgan fingerprint density at radius 2 is 1.91 bits per heavy atom. The Kier molecular flexibility index (Phi) is 6.71. The summed E-state index contributed by atoms with van der Waals surface area (Å²) < 4.78 is 10.1.